The van der Waals surface area contributed by atoms with Gasteiger partial charge in [-0.2, -0.15) is 0 Å². The average Bonchev–Trinajstić information content (AvgIpc) is 3.01. The molecular weight excluding hydrogens is 210 g/mol. The zero-order valence-corrected chi connectivity index (χ0v) is 8.83. The van der Waals surface area contributed by atoms with Crippen molar-refractivity contribution in [2.45, 2.75) is 25.5 Å². The van der Waals surface area contributed by atoms with Crippen LogP contribution in [0.15, 0.2) is 6.33 Å². The van der Waals surface area contributed by atoms with Crippen molar-refractivity contribution in [3.63, 3.8) is 0 Å². The van der Waals surface area contributed by atoms with Crippen molar-refractivity contribution in [3.05, 3.63) is 6.33 Å². The second kappa shape index (κ2) is 4.48. The van der Waals surface area contributed by atoms with Crippen molar-refractivity contribution in [3.8, 4) is 0 Å². The van der Waals surface area contributed by atoms with Gasteiger partial charge in [0.1, 0.15) is 12.9 Å². The number of nitrogens with one attached hydrogen (secondary N) is 1. The molecule has 16 heavy (non-hydrogen) atoms. The Labute approximate surface area is 92.7 Å². The van der Waals surface area contributed by atoms with Gasteiger partial charge in [0.25, 0.3) is 0 Å². The lowest BCUT2D eigenvalue weighted by Crippen LogP contribution is -2.35. The Hall–Kier alpha value is -1.63. The third-order valence-corrected chi connectivity index (χ3v) is 2.53. The van der Waals surface area contributed by atoms with Crippen molar-refractivity contribution in [1.82, 2.24) is 20.1 Å². The summed E-state index contributed by atoms with van der Waals surface area (Å²) in [5, 5.41) is 16.0. The van der Waals surface area contributed by atoms with Gasteiger partial charge in [0, 0.05) is 6.54 Å². The number of aliphatic hydroxyl groups is 1. The monoisotopic (exact) mass is 225 g/mol. The maximum Gasteiger partial charge on any atom is 0.241 e. The van der Waals surface area contributed by atoms with Crippen molar-refractivity contribution < 1.29 is 9.90 Å². The van der Waals surface area contributed by atoms with Gasteiger partial charge < -0.3 is 16.2 Å². The van der Waals surface area contributed by atoms with Gasteiger partial charge in [0.05, 0.1) is 6.10 Å². The molecule has 0 saturated heterocycles. The maximum absolute atomic E-state index is 11.4. The van der Waals surface area contributed by atoms with Crippen LogP contribution in [0.25, 0.3) is 0 Å². The fraction of sp³-hybridized carbons (Fsp3) is 0.667. The number of carbonyl (C=O) groups excluding carboxylic acids is 1. The summed E-state index contributed by atoms with van der Waals surface area (Å²) in [7, 11) is 0. The van der Waals surface area contributed by atoms with Crippen molar-refractivity contribution in [2.24, 2.45) is 5.92 Å². The summed E-state index contributed by atoms with van der Waals surface area (Å²) in [5.41, 5.74) is 5.31. The summed E-state index contributed by atoms with van der Waals surface area (Å²) in [4.78, 5) is 15.1. The summed E-state index contributed by atoms with van der Waals surface area (Å²) in [6.45, 7) is 0.370. The molecule has 0 spiro atoms. The number of aliphatic hydroxyl groups excluding tert-OH is 1. The first-order chi connectivity index (χ1) is 7.65. The van der Waals surface area contributed by atoms with Crippen LogP contribution >= 0.6 is 0 Å². The minimum atomic E-state index is -0.426. The van der Waals surface area contributed by atoms with E-state index in [1.165, 1.54) is 11.0 Å². The Kier molecular flexibility index (Phi) is 3.04. The van der Waals surface area contributed by atoms with E-state index in [4.69, 9.17) is 5.73 Å². The number of nitrogens with zero attached hydrogens (tertiary/aromatic N) is 3. The number of anilines is 1. The van der Waals surface area contributed by atoms with Crippen molar-refractivity contribution in [2.75, 3.05) is 12.3 Å². The molecule has 1 atom stereocenters. The molecule has 88 valence electrons. The SMILES string of the molecule is Nc1ncn(CC(=O)NCC(O)C2CC2)n1. The summed E-state index contributed by atoms with van der Waals surface area (Å²) in [6.07, 6.45) is 3.07. The number of nitrogen functional groups attached to an aromatic ring is 1. The predicted molar refractivity (Wildman–Crippen MR) is 56.2 cm³/mol. The standard InChI is InChI=1S/C9H15N5O2/c10-9-12-5-14(13-9)4-8(16)11-3-7(15)6-1-2-6/h5-7,15H,1-4H2,(H2,10,13)(H,11,16). The largest absolute Gasteiger partial charge is 0.391 e. The number of rotatable bonds is 5. The van der Waals surface area contributed by atoms with Gasteiger partial charge in [-0.15, -0.1) is 5.10 Å². The van der Waals surface area contributed by atoms with E-state index in [0.29, 0.717) is 12.5 Å². The topological polar surface area (TPSA) is 106 Å². The molecule has 7 nitrogen and oxygen atoms in total. The molecule has 1 aliphatic carbocycles. The van der Waals surface area contributed by atoms with Gasteiger partial charge in [-0.3, -0.25) is 4.79 Å². The molecule has 1 aromatic rings. The Morgan fingerprint density at radius 2 is 2.50 bits per heavy atom. The van der Waals surface area contributed by atoms with Crippen molar-refractivity contribution >= 4 is 11.9 Å². The van der Waals surface area contributed by atoms with Gasteiger partial charge in [-0.1, -0.05) is 0 Å². The van der Waals surface area contributed by atoms with Crippen LogP contribution < -0.4 is 11.1 Å². The molecule has 7 heteroatoms. The molecule has 4 N–H and O–H groups in total. The normalized spacial score (nSPS) is 17.1. The lowest BCUT2D eigenvalue weighted by Gasteiger charge is -2.10. The fourth-order valence-electron chi connectivity index (χ4n) is 1.45. The van der Waals surface area contributed by atoms with Crippen LogP contribution in [0.2, 0.25) is 0 Å². The average molecular weight is 225 g/mol. The molecule has 0 aromatic carbocycles. The molecule has 1 aromatic heterocycles. The highest BCUT2D eigenvalue weighted by molar-refractivity contribution is 5.75. The first-order valence-electron chi connectivity index (χ1n) is 5.25. The summed E-state index contributed by atoms with van der Waals surface area (Å²) in [5.74, 6) is 0.303. The molecule has 0 bridgehead atoms. The van der Waals surface area contributed by atoms with E-state index in [9.17, 15) is 9.90 Å². The van der Waals surface area contributed by atoms with E-state index >= 15 is 0 Å². The quantitative estimate of drug-likeness (QED) is 0.580. The van der Waals surface area contributed by atoms with Crippen LogP contribution in [-0.2, 0) is 11.3 Å². The van der Waals surface area contributed by atoms with Gasteiger partial charge >= 0.3 is 0 Å². The number of amides is 1. The smallest absolute Gasteiger partial charge is 0.241 e. The molecule has 1 unspecified atom stereocenters. The van der Waals surface area contributed by atoms with Crippen LogP contribution in [0.3, 0.4) is 0 Å². The number of carbonyl (C=O) groups is 1. The Bertz CT molecular complexity index is 374. The van der Waals surface area contributed by atoms with E-state index in [-0.39, 0.29) is 18.4 Å². The van der Waals surface area contributed by atoms with E-state index in [2.05, 4.69) is 15.4 Å². The second-order valence-corrected chi connectivity index (χ2v) is 4.01. The minimum absolute atomic E-state index is 0.0710. The maximum atomic E-state index is 11.4. The molecule has 1 heterocycles. The first-order valence-corrected chi connectivity index (χ1v) is 5.25. The highest BCUT2D eigenvalue weighted by atomic mass is 16.3. The Balaban J connectivity index is 1.71. The molecule has 1 aliphatic rings. The Morgan fingerprint density at radius 1 is 1.75 bits per heavy atom. The van der Waals surface area contributed by atoms with Gasteiger partial charge in [0.2, 0.25) is 11.9 Å². The number of aromatic nitrogens is 3. The van der Waals surface area contributed by atoms with Crippen LogP contribution in [0.1, 0.15) is 12.8 Å². The third-order valence-electron chi connectivity index (χ3n) is 2.53. The second-order valence-electron chi connectivity index (χ2n) is 4.01. The van der Waals surface area contributed by atoms with Gasteiger partial charge in [-0.25, -0.2) is 9.67 Å². The van der Waals surface area contributed by atoms with Gasteiger partial charge in [-0.05, 0) is 18.8 Å². The van der Waals surface area contributed by atoms with Crippen LogP contribution in [0.4, 0.5) is 5.95 Å². The highest BCUT2D eigenvalue weighted by Gasteiger charge is 2.29. The van der Waals surface area contributed by atoms with E-state index in [0.717, 1.165) is 12.8 Å². The number of hydrogen-bond acceptors (Lipinski definition) is 5. The van der Waals surface area contributed by atoms with E-state index in [1.54, 1.807) is 0 Å². The summed E-state index contributed by atoms with van der Waals surface area (Å²) in [6, 6.07) is 0. The molecule has 2 rings (SSSR count). The molecule has 0 aliphatic heterocycles. The third kappa shape index (κ3) is 2.93. The predicted octanol–water partition coefficient (Wildman–Crippen LogP) is -1.25. The molecule has 1 fully saturated rings. The lowest BCUT2D eigenvalue weighted by atomic mass is 10.2. The van der Waals surface area contributed by atoms with Crippen LogP contribution in [0, 0.1) is 5.92 Å². The van der Waals surface area contributed by atoms with Gasteiger partial charge in [0.15, 0.2) is 0 Å². The molecule has 0 radical (unpaired) electrons. The Morgan fingerprint density at radius 3 is 3.06 bits per heavy atom. The minimum Gasteiger partial charge on any atom is -0.391 e. The molecular formula is C9H15N5O2. The van der Waals surface area contributed by atoms with Crippen LogP contribution in [0.5, 0.6) is 0 Å². The zero-order chi connectivity index (χ0) is 11.5. The van der Waals surface area contributed by atoms with Crippen LogP contribution in [-0.4, -0.2) is 38.4 Å². The van der Waals surface area contributed by atoms with Crippen molar-refractivity contribution in [1.29, 1.82) is 0 Å². The summed E-state index contributed by atoms with van der Waals surface area (Å²) < 4.78 is 1.36. The van der Waals surface area contributed by atoms with E-state index in [1.807, 2.05) is 0 Å². The van der Waals surface area contributed by atoms with E-state index < -0.39 is 6.10 Å². The summed E-state index contributed by atoms with van der Waals surface area (Å²) >= 11 is 0. The molecule has 1 saturated carbocycles. The first kappa shape index (κ1) is 10.9. The number of nitrogens with two attached hydrogens (primary N) is 1. The highest BCUT2D eigenvalue weighted by Crippen LogP contribution is 2.32. The molecule has 1 amide bonds. The lowest BCUT2D eigenvalue weighted by molar-refractivity contribution is -0.122. The fourth-order valence-corrected chi connectivity index (χ4v) is 1.45. The zero-order valence-electron chi connectivity index (χ0n) is 8.83. The number of hydrogen-bond donors (Lipinski definition) is 3.